The molecule has 2 unspecified atom stereocenters. The third-order valence-electron chi connectivity index (χ3n) is 3.16. The third-order valence-corrected chi connectivity index (χ3v) is 4.31. The average Bonchev–Trinajstić information content (AvgIpc) is 3.02. The van der Waals surface area contributed by atoms with Crippen LogP contribution in [0.25, 0.3) is 0 Å². The first-order valence-electron chi connectivity index (χ1n) is 6.32. The van der Waals surface area contributed by atoms with E-state index in [0.29, 0.717) is 25.8 Å². The average molecular weight is 271 g/mol. The van der Waals surface area contributed by atoms with Crippen molar-refractivity contribution >= 4 is 11.8 Å². The molecule has 1 aromatic rings. The minimum atomic E-state index is -0.435. The van der Waals surface area contributed by atoms with Crippen LogP contribution < -0.4 is 0 Å². The van der Waals surface area contributed by atoms with E-state index in [1.54, 1.807) is 6.26 Å². The quantitative estimate of drug-likeness (QED) is 0.816. The number of likely N-dealkylation sites (N-methyl/N-ethyl adjacent to an activating group) is 1. The number of hydrogen-bond donors (Lipinski definition) is 1. The van der Waals surface area contributed by atoms with Crippen molar-refractivity contribution in [3.05, 3.63) is 24.2 Å². The summed E-state index contributed by atoms with van der Waals surface area (Å²) in [5, 5.41) is 9.90. The second-order valence-electron chi connectivity index (χ2n) is 4.71. The molecule has 1 fully saturated rings. The molecule has 18 heavy (non-hydrogen) atoms. The maximum absolute atomic E-state index is 9.90. The predicted molar refractivity (Wildman–Crippen MR) is 72.7 cm³/mol. The van der Waals surface area contributed by atoms with Crippen LogP contribution in [-0.2, 0) is 11.3 Å². The van der Waals surface area contributed by atoms with Crippen molar-refractivity contribution in [2.24, 2.45) is 0 Å². The van der Waals surface area contributed by atoms with Gasteiger partial charge >= 0.3 is 0 Å². The van der Waals surface area contributed by atoms with Gasteiger partial charge in [0.1, 0.15) is 12.4 Å². The van der Waals surface area contributed by atoms with Crippen molar-refractivity contribution in [1.82, 2.24) is 4.90 Å². The molecule has 0 radical (unpaired) electrons. The van der Waals surface area contributed by atoms with Crippen LogP contribution in [0.2, 0.25) is 0 Å². The number of aliphatic hydroxyl groups excluding tert-OH is 1. The molecule has 102 valence electrons. The highest BCUT2D eigenvalue weighted by molar-refractivity contribution is 7.99. The van der Waals surface area contributed by atoms with E-state index < -0.39 is 6.10 Å². The summed E-state index contributed by atoms with van der Waals surface area (Å²) in [5.41, 5.74) is 0. The Morgan fingerprint density at radius 2 is 2.56 bits per heavy atom. The first-order chi connectivity index (χ1) is 8.75. The first-order valence-corrected chi connectivity index (χ1v) is 7.47. The Balaban J connectivity index is 1.60. The molecule has 1 aliphatic rings. The fraction of sp³-hybridized carbons (Fsp3) is 0.692. The number of aliphatic hydroxyl groups is 1. The summed E-state index contributed by atoms with van der Waals surface area (Å²) in [5.74, 6) is 3.21. The minimum absolute atomic E-state index is 0.352. The fourth-order valence-electron chi connectivity index (χ4n) is 2.09. The van der Waals surface area contributed by atoms with E-state index in [1.807, 2.05) is 23.9 Å². The second kappa shape index (κ2) is 7.19. The normalized spacial score (nSPS) is 21.6. The van der Waals surface area contributed by atoms with Gasteiger partial charge in [-0.25, -0.2) is 0 Å². The van der Waals surface area contributed by atoms with Crippen LogP contribution in [0.3, 0.4) is 0 Å². The van der Waals surface area contributed by atoms with Gasteiger partial charge in [-0.1, -0.05) is 0 Å². The van der Waals surface area contributed by atoms with E-state index in [9.17, 15) is 5.11 Å². The van der Waals surface area contributed by atoms with Gasteiger partial charge in [0.25, 0.3) is 0 Å². The standard InChI is InChI=1S/C13H21NO3S/c1-14(11-4-6-18-10-11)7-12(15)8-16-9-13-3-2-5-17-13/h2-3,5,11-12,15H,4,6-10H2,1H3. The van der Waals surface area contributed by atoms with Crippen LogP contribution in [0.15, 0.2) is 22.8 Å². The van der Waals surface area contributed by atoms with Gasteiger partial charge in [-0.15, -0.1) is 0 Å². The minimum Gasteiger partial charge on any atom is -0.467 e. The Morgan fingerprint density at radius 3 is 3.22 bits per heavy atom. The van der Waals surface area contributed by atoms with E-state index in [-0.39, 0.29) is 0 Å². The van der Waals surface area contributed by atoms with Crippen LogP contribution >= 0.6 is 11.8 Å². The zero-order valence-electron chi connectivity index (χ0n) is 10.7. The Kier molecular flexibility index (Phi) is 5.56. The summed E-state index contributed by atoms with van der Waals surface area (Å²) in [7, 11) is 2.08. The maximum Gasteiger partial charge on any atom is 0.129 e. The molecule has 0 aromatic carbocycles. The summed E-state index contributed by atoms with van der Waals surface area (Å²) >= 11 is 1.99. The second-order valence-corrected chi connectivity index (χ2v) is 5.86. The van der Waals surface area contributed by atoms with Gasteiger partial charge in [-0.05, 0) is 31.4 Å². The Labute approximate surface area is 112 Å². The summed E-state index contributed by atoms with van der Waals surface area (Å²) < 4.78 is 10.6. The highest BCUT2D eigenvalue weighted by Gasteiger charge is 2.21. The number of rotatable bonds is 7. The summed E-state index contributed by atoms with van der Waals surface area (Å²) in [6, 6.07) is 4.31. The summed E-state index contributed by atoms with van der Waals surface area (Å²) in [4.78, 5) is 2.24. The van der Waals surface area contributed by atoms with E-state index >= 15 is 0 Å². The largest absolute Gasteiger partial charge is 0.467 e. The molecule has 0 spiro atoms. The van der Waals surface area contributed by atoms with Crippen LogP contribution in [0, 0.1) is 0 Å². The molecule has 0 aliphatic carbocycles. The van der Waals surface area contributed by atoms with Gasteiger partial charge in [0.15, 0.2) is 0 Å². The molecular weight excluding hydrogens is 250 g/mol. The van der Waals surface area contributed by atoms with E-state index in [0.717, 1.165) is 5.76 Å². The van der Waals surface area contributed by atoms with Crippen molar-refractivity contribution in [2.75, 3.05) is 31.7 Å². The zero-order valence-corrected chi connectivity index (χ0v) is 11.6. The van der Waals surface area contributed by atoms with Gasteiger partial charge in [0, 0.05) is 18.3 Å². The molecule has 2 heterocycles. The lowest BCUT2D eigenvalue weighted by atomic mass is 10.2. The van der Waals surface area contributed by atoms with Crippen LogP contribution in [0.5, 0.6) is 0 Å². The molecule has 2 rings (SSSR count). The number of ether oxygens (including phenoxy) is 1. The van der Waals surface area contributed by atoms with Gasteiger partial charge in [-0.2, -0.15) is 11.8 Å². The SMILES string of the molecule is CN(CC(O)COCc1ccco1)C1CCSC1. The molecule has 5 heteroatoms. The van der Waals surface area contributed by atoms with Crippen LogP contribution in [-0.4, -0.2) is 53.9 Å². The molecule has 2 atom stereocenters. The van der Waals surface area contributed by atoms with Crippen molar-refractivity contribution in [2.45, 2.75) is 25.2 Å². The van der Waals surface area contributed by atoms with E-state index in [2.05, 4.69) is 11.9 Å². The molecule has 4 nitrogen and oxygen atoms in total. The molecule has 0 bridgehead atoms. The Morgan fingerprint density at radius 1 is 1.67 bits per heavy atom. The van der Waals surface area contributed by atoms with Crippen molar-refractivity contribution < 1.29 is 14.3 Å². The highest BCUT2D eigenvalue weighted by atomic mass is 32.2. The van der Waals surface area contributed by atoms with Gasteiger partial charge in [0.05, 0.1) is 19.0 Å². The molecule has 1 saturated heterocycles. The smallest absolute Gasteiger partial charge is 0.129 e. The van der Waals surface area contributed by atoms with Crippen LogP contribution in [0.4, 0.5) is 0 Å². The third kappa shape index (κ3) is 4.31. The van der Waals surface area contributed by atoms with Gasteiger partial charge < -0.3 is 14.3 Å². The zero-order chi connectivity index (χ0) is 12.8. The molecule has 1 N–H and O–H groups in total. The molecule has 0 saturated carbocycles. The van der Waals surface area contributed by atoms with Crippen LogP contribution in [0.1, 0.15) is 12.2 Å². The van der Waals surface area contributed by atoms with E-state index in [1.165, 1.54) is 17.9 Å². The van der Waals surface area contributed by atoms with Gasteiger partial charge in [-0.3, -0.25) is 4.90 Å². The molecule has 1 aliphatic heterocycles. The molecule has 1 aromatic heterocycles. The predicted octanol–water partition coefficient (Wildman–Crippen LogP) is 1.59. The molecule has 0 amide bonds. The number of nitrogens with zero attached hydrogens (tertiary/aromatic N) is 1. The Hall–Kier alpha value is -0.490. The van der Waals surface area contributed by atoms with Crippen molar-refractivity contribution in [1.29, 1.82) is 0 Å². The first kappa shape index (κ1) is 13.9. The topological polar surface area (TPSA) is 45.8 Å². The lowest BCUT2D eigenvalue weighted by molar-refractivity contribution is 0.00442. The fourth-order valence-corrected chi connectivity index (χ4v) is 3.39. The summed E-state index contributed by atoms with van der Waals surface area (Å²) in [6.45, 7) is 1.45. The van der Waals surface area contributed by atoms with Crippen molar-refractivity contribution in [3.63, 3.8) is 0 Å². The molecular formula is C13H21NO3S. The number of hydrogen-bond acceptors (Lipinski definition) is 5. The monoisotopic (exact) mass is 271 g/mol. The highest BCUT2D eigenvalue weighted by Crippen LogP contribution is 2.21. The van der Waals surface area contributed by atoms with E-state index in [4.69, 9.17) is 9.15 Å². The van der Waals surface area contributed by atoms with Gasteiger partial charge in [0.2, 0.25) is 0 Å². The van der Waals surface area contributed by atoms with Crippen molar-refractivity contribution in [3.8, 4) is 0 Å². The number of thioether (sulfide) groups is 1. The number of furan rings is 1. The maximum atomic E-state index is 9.90. The Bertz CT molecular complexity index is 325. The summed E-state index contributed by atoms with van der Waals surface area (Å²) in [6.07, 6.45) is 2.41. The lowest BCUT2D eigenvalue weighted by Crippen LogP contribution is -2.39. The lowest BCUT2D eigenvalue weighted by Gasteiger charge is -2.25.